The van der Waals surface area contributed by atoms with E-state index in [1.165, 1.54) is 6.08 Å². The van der Waals surface area contributed by atoms with Gasteiger partial charge in [-0.25, -0.2) is 4.98 Å². The topological polar surface area (TPSA) is 168 Å². The maximum absolute atomic E-state index is 12.1. The maximum Gasteiger partial charge on any atom is 0.250 e. The van der Waals surface area contributed by atoms with Crippen molar-refractivity contribution in [1.29, 1.82) is 0 Å². The third-order valence-electron chi connectivity index (χ3n) is 8.29. The molecule has 12 nitrogen and oxygen atoms in total. The number of hydrogen-bond donors (Lipinski definition) is 4. The predicted molar refractivity (Wildman–Crippen MR) is 164 cm³/mol. The van der Waals surface area contributed by atoms with Gasteiger partial charge in [0.2, 0.25) is 0 Å². The molecular weight excluding hydrogens is 546 g/mol. The number of nitrogens with two attached hydrogens (primary N) is 2. The summed E-state index contributed by atoms with van der Waals surface area (Å²) in [5.41, 5.74) is 18.7. The lowest BCUT2D eigenvalue weighted by Crippen LogP contribution is -2.48. The number of aliphatic hydroxyl groups excluding tert-OH is 1. The van der Waals surface area contributed by atoms with E-state index in [1.54, 1.807) is 6.07 Å². The molecule has 1 aromatic carbocycles. The molecule has 6 N–H and O–H groups in total. The highest BCUT2D eigenvalue weighted by Gasteiger charge is 2.37. The van der Waals surface area contributed by atoms with Crippen LogP contribution in [0.1, 0.15) is 53.7 Å². The molecule has 6 rings (SSSR count). The van der Waals surface area contributed by atoms with Gasteiger partial charge in [-0.3, -0.25) is 19.2 Å². The Hall–Kier alpha value is -4.97. The van der Waals surface area contributed by atoms with Gasteiger partial charge >= 0.3 is 0 Å². The van der Waals surface area contributed by atoms with Crippen LogP contribution < -0.4 is 21.7 Å². The number of likely N-dealkylation sites (tertiary alicyclic amines) is 1. The van der Waals surface area contributed by atoms with Crippen LogP contribution in [0.4, 0.5) is 11.4 Å². The number of aliphatic hydroxyl groups is 1. The van der Waals surface area contributed by atoms with E-state index in [9.17, 15) is 14.7 Å². The lowest BCUT2D eigenvalue weighted by Gasteiger charge is -2.42. The van der Waals surface area contributed by atoms with Crippen LogP contribution >= 0.6 is 0 Å². The molecule has 2 aromatic heterocycles. The molecule has 43 heavy (non-hydrogen) atoms. The van der Waals surface area contributed by atoms with E-state index in [4.69, 9.17) is 16.6 Å². The molecule has 1 aliphatic carbocycles. The molecule has 0 radical (unpaired) electrons. The fourth-order valence-electron chi connectivity index (χ4n) is 5.75. The van der Waals surface area contributed by atoms with Crippen LogP contribution in [0, 0.1) is 5.92 Å². The summed E-state index contributed by atoms with van der Waals surface area (Å²) in [5, 5.41) is 17.8. The molecule has 3 aliphatic rings. The van der Waals surface area contributed by atoms with Gasteiger partial charge in [0.1, 0.15) is 17.8 Å². The quantitative estimate of drug-likeness (QED) is 0.0968. The Morgan fingerprint density at radius 3 is 2.65 bits per heavy atom. The molecule has 1 atom stereocenters. The fourth-order valence-corrected chi connectivity index (χ4v) is 5.75. The van der Waals surface area contributed by atoms with E-state index in [2.05, 4.69) is 42.8 Å². The largest absolute Gasteiger partial charge is 0.513 e. The van der Waals surface area contributed by atoms with E-state index < -0.39 is 0 Å². The number of benzene rings is 1. The third kappa shape index (κ3) is 5.48. The van der Waals surface area contributed by atoms with Crippen molar-refractivity contribution >= 4 is 29.4 Å². The van der Waals surface area contributed by atoms with Gasteiger partial charge in [-0.1, -0.05) is 18.2 Å². The molecular formula is C31H35N9O3. The third-order valence-corrected chi connectivity index (χ3v) is 8.29. The monoisotopic (exact) mass is 581 g/mol. The average Bonchev–Trinajstić information content (AvgIpc) is 3.76. The number of nitrogens with zero attached hydrogens (tertiary/aromatic N) is 6. The smallest absolute Gasteiger partial charge is 0.250 e. The number of hydrogen-bond acceptors (Lipinski definition) is 9. The summed E-state index contributed by atoms with van der Waals surface area (Å²) in [6.45, 7) is 4.49. The summed E-state index contributed by atoms with van der Waals surface area (Å²) in [6.07, 6.45) is 6.60. The number of rotatable bonds is 9. The Labute approximate surface area is 249 Å². The number of pyridine rings is 1. The van der Waals surface area contributed by atoms with Crippen molar-refractivity contribution in [3.63, 3.8) is 0 Å². The first kappa shape index (κ1) is 28.2. The molecule has 2 fully saturated rings. The van der Waals surface area contributed by atoms with Crippen molar-refractivity contribution in [3.8, 4) is 11.1 Å². The van der Waals surface area contributed by atoms with Gasteiger partial charge in [0.15, 0.2) is 6.29 Å². The van der Waals surface area contributed by atoms with E-state index >= 15 is 0 Å². The normalized spacial score (nSPS) is 19.4. The Morgan fingerprint density at radius 1 is 1.16 bits per heavy atom. The Kier molecular flexibility index (Phi) is 7.45. The molecule has 0 bridgehead atoms. The van der Waals surface area contributed by atoms with Crippen LogP contribution in [0.15, 0.2) is 71.3 Å². The number of carbonyl (C=O) groups excluding carboxylic acids is 2. The molecule has 1 amide bonds. The average molecular weight is 582 g/mol. The van der Waals surface area contributed by atoms with Crippen LogP contribution in [0.25, 0.3) is 11.1 Å². The van der Waals surface area contributed by atoms with Gasteiger partial charge in [0.05, 0.1) is 52.4 Å². The fraction of sp³-hybridized carbons (Fsp3) is 0.323. The number of aliphatic imine (C=N–C) groups is 1. The van der Waals surface area contributed by atoms with Crippen molar-refractivity contribution in [2.75, 3.05) is 30.4 Å². The van der Waals surface area contributed by atoms with Crippen molar-refractivity contribution in [2.45, 2.75) is 38.4 Å². The van der Waals surface area contributed by atoms with Crippen LogP contribution in [-0.2, 0) is 11.3 Å². The van der Waals surface area contributed by atoms with E-state index in [-0.39, 0.29) is 35.4 Å². The van der Waals surface area contributed by atoms with Crippen molar-refractivity contribution in [3.05, 3.63) is 83.4 Å². The predicted octanol–water partition coefficient (Wildman–Crippen LogP) is 3.27. The number of nitrogens with one attached hydrogen (secondary N) is 1. The zero-order chi connectivity index (χ0) is 30.2. The molecule has 2 aliphatic heterocycles. The molecule has 1 saturated carbocycles. The zero-order valence-corrected chi connectivity index (χ0v) is 24.1. The van der Waals surface area contributed by atoms with Gasteiger partial charge in [0, 0.05) is 49.8 Å². The van der Waals surface area contributed by atoms with E-state index in [0.29, 0.717) is 17.9 Å². The summed E-state index contributed by atoms with van der Waals surface area (Å²) in [7, 11) is 2.03. The maximum atomic E-state index is 12.1. The number of aldehydes is 1. The number of fused-ring (bicyclic) bond motifs is 3. The SMILES string of the molecule is CC1c2c(cnn2C2CN(Cc3cccc(C=O)n3)C2)-c2cccc(NC(=C/C(N)=NC(=O)C3CC3)/C(N)=C\O)c2N1C. The first-order valence-electron chi connectivity index (χ1n) is 14.3. The molecule has 222 valence electrons. The molecule has 1 unspecified atom stereocenters. The molecule has 12 heteroatoms. The standard InChI is InChI=1S/C31H35N9O3/c1-18-29-24(12-34-40(29)22-14-39(15-22)13-20-5-3-6-21(16-41)35-20)23-7-4-8-26(30(23)38(18)2)36-27(25(32)17-42)11-28(33)37-31(43)19-9-10-19/h3-8,11-12,16-19,22,36,42H,9-10,13-15,32H2,1-2H3,(H2,33,37,43)/b25-17+,27-11+. The van der Waals surface area contributed by atoms with Crippen LogP contribution in [0.2, 0.25) is 0 Å². The van der Waals surface area contributed by atoms with E-state index in [0.717, 1.165) is 72.4 Å². The highest BCUT2D eigenvalue weighted by molar-refractivity contribution is 6.02. The van der Waals surface area contributed by atoms with Crippen molar-refractivity contribution in [2.24, 2.45) is 22.4 Å². The molecule has 4 heterocycles. The second-order valence-electron chi connectivity index (χ2n) is 11.3. The summed E-state index contributed by atoms with van der Waals surface area (Å²) < 4.78 is 2.14. The second kappa shape index (κ2) is 11.4. The van der Waals surface area contributed by atoms with Gasteiger partial charge in [0.25, 0.3) is 5.91 Å². The zero-order valence-electron chi connectivity index (χ0n) is 24.1. The summed E-state index contributed by atoms with van der Waals surface area (Å²) in [5.74, 6) is -0.282. The number of amidine groups is 1. The highest BCUT2D eigenvalue weighted by atomic mass is 16.2. The molecule has 3 aromatic rings. The summed E-state index contributed by atoms with van der Waals surface area (Å²) in [4.78, 5) is 36.1. The molecule has 0 spiro atoms. The number of aromatic nitrogens is 3. The van der Waals surface area contributed by atoms with E-state index in [1.807, 2.05) is 37.5 Å². The van der Waals surface area contributed by atoms with Crippen LogP contribution in [0.3, 0.4) is 0 Å². The number of carbonyl (C=O) groups is 2. The van der Waals surface area contributed by atoms with Crippen molar-refractivity contribution in [1.82, 2.24) is 19.7 Å². The number of amides is 1. The van der Waals surface area contributed by atoms with Crippen LogP contribution in [0.5, 0.6) is 0 Å². The van der Waals surface area contributed by atoms with Gasteiger partial charge < -0.3 is 26.8 Å². The van der Waals surface area contributed by atoms with Gasteiger partial charge in [-0.05, 0) is 38.0 Å². The number of anilines is 2. The Morgan fingerprint density at radius 2 is 1.93 bits per heavy atom. The van der Waals surface area contributed by atoms with Crippen molar-refractivity contribution < 1.29 is 14.7 Å². The summed E-state index contributed by atoms with van der Waals surface area (Å²) in [6, 6.07) is 11.7. The lowest BCUT2D eigenvalue weighted by molar-refractivity contribution is -0.118. The minimum atomic E-state index is -0.242. The van der Waals surface area contributed by atoms with Crippen LogP contribution in [-0.4, -0.2) is 62.9 Å². The first-order chi connectivity index (χ1) is 20.8. The first-order valence-corrected chi connectivity index (χ1v) is 14.3. The number of para-hydroxylation sites is 1. The minimum absolute atomic E-state index is 0.00824. The minimum Gasteiger partial charge on any atom is -0.513 e. The summed E-state index contributed by atoms with van der Waals surface area (Å²) >= 11 is 0. The van der Waals surface area contributed by atoms with Gasteiger partial charge in [-0.15, -0.1) is 0 Å². The molecule has 1 saturated heterocycles. The highest BCUT2D eigenvalue weighted by Crippen LogP contribution is 2.48. The lowest BCUT2D eigenvalue weighted by atomic mass is 9.93. The Balaban J connectivity index is 1.25. The second-order valence-corrected chi connectivity index (χ2v) is 11.3. The Bertz CT molecular complexity index is 1660. The van der Waals surface area contributed by atoms with Gasteiger partial charge in [-0.2, -0.15) is 10.1 Å².